The predicted molar refractivity (Wildman–Crippen MR) is 67.6 cm³/mol. The second-order valence-electron chi connectivity index (χ2n) is 4.47. The van der Waals surface area contributed by atoms with E-state index in [0.717, 1.165) is 5.56 Å². The van der Waals surface area contributed by atoms with Crippen molar-refractivity contribution in [1.82, 2.24) is 0 Å². The lowest BCUT2D eigenvalue weighted by Gasteiger charge is -2.24. The monoisotopic (exact) mass is 257 g/mol. The van der Waals surface area contributed by atoms with E-state index < -0.39 is 11.2 Å². The Morgan fingerprint density at radius 1 is 1.53 bits per heavy atom. The van der Waals surface area contributed by atoms with Crippen LogP contribution in [0.1, 0.15) is 25.8 Å². The number of halogens is 2. The summed E-state index contributed by atoms with van der Waals surface area (Å²) in [5.41, 5.74) is 5.82. The molecule has 1 atom stereocenters. The Balaban J connectivity index is 2.84. The fraction of sp³-hybridized carbons (Fsp3) is 0.462. The number of hydrogen-bond donors (Lipinski definition) is 1. The first kappa shape index (κ1) is 14.1. The average Bonchev–Trinajstić information content (AvgIpc) is 2.32. The molecule has 0 aromatic heterocycles. The molecule has 2 N–H and O–H groups in total. The number of Topliss-reactive ketones (excluding diaryl/α,β-unsaturated/α-hetero) is 1. The molecule has 0 aliphatic heterocycles. The maximum atomic E-state index is 13.0. The molecule has 0 aliphatic rings. The topological polar surface area (TPSA) is 43.1 Å². The Hall–Kier alpha value is -0.930. The summed E-state index contributed by atoms with van der Waals surface area (Å²) >= 11 is 5.67. The van der Waals surface area contributed by atoms with Crippen molar-refractivity contribution in [2.24, 2.45) is 11.1 Å². The van der Waals surface area contributed by atoms with Crippen LogP contribution >= 0.6 is 11.6 Å². The predicted octanol–water partition coefficient (Wildman–Crippen LogP) is 2.97. The van der Waals surface area contributed by atoms with E-state index in [-0.39, 0.29) is 17.2 Å². The number of hydrogen-bond acceptors (Lipinski definition) is 2. The lowest BCUT2D eigenvalue weighted by Crippen LogP contribution is -2.36. The van der Waals surface area contributed by atoms with Gasteiger partial charge in [-0.2, -0.15) is 0 Å². The summed E-state index contributed by atoms with van der Waals surface area (Å²) in [4.78, 5) is 12.1. The molecule has 0 saturated heterocycles. The molecule has 1 aromatic rings. The van der Waals surface area contributed by atoms with Crippen LogP contribution in [0.5, 0.6) is 0 Å². The molecular weight excluding hydrogens is 241 g/mol. The van der Waals surface area contributed by atoms with Gasteiger partial charge in [-0.05, 0) is 24.1 Å². The number of carbonyl (C=O) groups excluding carboxylic acids is 1. The zero-order valence-electron chi connectivity index (χ0n) is 10.1. The van der Waals surface area contributed by atoms with Gasteiger partial charge in [0.25, 0.3) is 0 Å². The van der Waals surface area contributed by atoms with Crippen molar-refractivity contribution >= 4 is 17.4 Å². The maximum absolute atomic E-state index is 13.0. The minimum Gasteiger partial charge on any atom is -0.329 e. The molecule has 2 nitrogen and oxygen atoms in total. The highest BCUT2D eigenvalue weighted by Crippen LogP contribution is 2.24. The van der Waals surface area contributed by atoms with Crippen LogP contribution in [0.15, 0.2) is 18.2 Å². The van der Waals surface area contributed by atoms with Gasteiger partial charge in [0, 0.05) is 18.4 Å². The second-order valence-corrected chi connectivity index (χ2v) is 4.87. The maximum Gasteiger partial charge on any atom is 0.144 e. The van der Waals surface area contributed by atoms with Gasteiger partial charge in [0.2, 0.25) is 0 Å². The molecule has 0 saturated carbocycles. The Bertz CT molecular complexity index is 416. The molecule has 0 amide bonds. The molecule has 17 heavy (non-hydrogen) atoms. The first-order valence-corrected chi connectivity index (χ1v) is 5.98. The second kappa shape index (κ2) is 5.61. The summed E-state index contributed by atoms with van der Waals surface area (Å²) in [5, 5.41) is 0.0428. The van der Waals surface area contributed by atoms with Crippen LogP contribution in [0.25, 0.3) is 0 Å². The summed E-state index contributed by atoms with van der Waals surface area (Å²) in [6.45, 7) is 4.10. The molecule has 0 bridgehead atoms. The number of rotatable bonds is 5. The average molecular weight is 258 g/mol. The smallest absolute Gasteiger partial charge is 0.144 e. The normalized spacial score (nSPS) is 14.4. The minimum absolute atomic E-state index is 0.0428. The van der Waals surface area contributed by atoms with Crippen LogP contribution in [0.2, 0.25) is 5.02 Å². The fourth-order valence-corrected chi connectivity index (χ4v) is 1.71. The van der Waals surface area contributed by atoms with Crippen LogP contribution < -0.4 is 5.73 Å². The summed E-state index contributed by atoms with van der Waals surface area (Å²) in [6.07, 6.45) is 0.929. The van der Waals surface area contributed by atoms with E-state index in [1.54, 1.807) is 6.07 Å². The Labute approximate surface area is 106 Å². The van der Waals surface area contributed by atoms with E-state index in [0.29, 0.717) is 13.0 Å². The van der Waals surface area contributed by atoms with Crippen molar-refractivity contribution < 1.29 is 9.18 Å². The Kier molecular flexibility index (Phi) is 4.66. The molecule has 4 heteroatoms. The van der Waals surface area contributed by atoms with Crippen molar-refractivity contribution in [3.05, 3.63) is 34.6 Å². The van der Waals surface area contributed by atoms with E-state index in [1.807, 2.05) is 13.8 Å². The van der Waals surface area contributed by atoms with Gasteiger partial charge in [0.1, 0.15) is 11.6 Å². The largest absolute Gasteiger partial charge is 0.329 e. The summed E-state index contributed by atoms with van der Waals surface area (Å²) in [6, 6.07) is 4.34. The molecular formula is C13H17ClFNO. The third kappa shape index (κ3) is 3.27. The number of carbonyl (C=O) groups is 1. The fourth-order valence-electron chi connectivity index (χ4n) is 1.50. The lowest BCUT2D eigenvalue weighted by molar-refractivity contribution is -0.126. The van der Waals surface area contributed by atoms with Gasteiger partial charge in [0.05, 0.1) is 5.02 Å². The van der Waals surface area contributed by atoms with E-state index in [2.05, 4.69) is 0 Å². The molecule has 0 radical (unpaired) electrons. The zero-order chi connectivity index (χ0) is 13.1. The SMILES string of the molecule is CCC(C)(CN)C(=O)Cc1ccc(F)c(Cl)c1. The van der Waals surface area contributed by atoms with E-state index in [4.69, 9.17) is 17.3 Å². The van der Waals surface area contributed by atoms with E-state index in [9.17, 15) is 9.18 Å². The Morgan fingerprint density at radius 2 is 2.18 bits per heavy atom. The first-order chi connectivity index (χ1) is 7.92. The Morgan fingerprint density at radius 3 is 2.65 bits per heavy atom. The minimum atomic E-state index is -0.513. The lowest BCUT2D eigenvalue weighted by atomic mass is 9.80. The molecule has 0 fully saturated rings. The third-order valence-corrected chi connectivity index (χ3v) is 3.54. The molecule has 1 unspecified atom stereocenters. The number of benzene rings is 1. The summed E-state index contributed by atoms with van der Waals surface area (Å²) in [7, 11) is 0. The van der Waals surface area contributed by atoms with Gasteiger partial charge in [-0.25, -0.2) is 4.39 Å². The highest BCUT2D eigenvalue weighted by molar-refractivity contribution is 6.30. The molecule has 0 heterocycles. The zero-order valence-corrected chi connectivity index (χ0v) is 10.9. The summed E-state index contributed by atoms with van der Waals surface area (Å²) < 4.78 is 13.0. The van der Waals surface area contributed by atoms with Gasteiger partial charge in [-0.1, -0.05) is 31.5 Å². The van der Waals surface area contributed by atoms with Crippen molar-refractivity contribution in [2.45, 2.75) is 26.7 Å². The van der Waals surface area contributed by atoms with Gasteiger partial charge in [-0.3, -0.25) is 4.79 Å². The van der Waals surface area contributed by atoms with Gasteiger partial charge in [0.15, 0.2) is 0 Å². The van der Waals surface area contributed by atoms with Crippen molar-refractivity contribution in [3.8, 4) is 0 Å². The molecule has 0 spiro atoms. The first-order valence-electron chi connectivity index (χ1n) is 5.60. The van der Waals surface area contributed by atoms with Crippen LogP contribution in [-0.4, -0.2) is 12.3 Å². The van der Waals surface area contributed by atoms with E-state index >= 15 is 0 Å². The van der Waals surface area contributed by atoms with Gasteiger partial charge >= 0.3 is 0 Å². The van der Waals surface area contributed by atoms with Crippen molar-refractivity contribution in [3.63, 3.8) is 0 Å². The van der Waals surface area contributed by atoms with Crippen molar-refractivity contribution in [1.29, 1.82) is 0 Å². The third-order valence-electron chi connectivity index (χ3n) is 3.25. The molecule has 94 valence electrons. The van der Waals surface area contributed by atoms with E-state index in [1.165, 1.54) is 12.1 Å². The number of nitrogens with two attached hydrogens (primary N) is 1. The molecule has 1 aromatic carbocycles. The quantitative estimate of drug-likeness (QED) is 0.881. The van der Waals surface area contributed by atoms with Crippen molar-refractivity contribution in [2.75, 3.05) is 6.54 Å². The molecule has 1 rings (SSSR count). The van der Waals surface area contributed by atoms with Crippen LogP contribution in [0, 0.1) is 11.2 Å². The van der Waals surface area contributed by atoms with Gasteiger partial charge in [-0.15, -0.1) is 0 Å². The molecule has 0 aliphatic carbocycles. The van der Waals surface area contributed by atoms with Crippen LogP contribution in [0.4, 0.5) is 4.39 Å². The highest BCUT2D eigenvalue weighted by Gasteiger charge is 2.29. The standard InChI is InChI=1S/C13H17ClFNO/c1-3-13(2,8-16)12(17)7-9-4-5-11(15)10(14)6-9/h4-6H,3,7-8,16H2,1-2H3. The highest BCUT2D eigenvalue weighted by atomic mass is 35.5. The van der Waals surface area contributed by atoms with Gasteiger partial charge < -0.3 is 5.73 Å². The number of ketones is 1. The van der Waals surface area contributed by atoms with Crippen LogP contribution in [-0.2, 0) is 11.2 Å². The summed E-state index contributed by atoms with van der Waals surface area (Å²) in [5.74, 6) is -0.412. The van der Waals surface area contributed by atoms with Crippen LogP contribution in [0.3, 0.4) is 0 Å².